The number of amides is 1. The van der Waals surface area contributed by atoms with E-state index in [1.54, 1.807) is 50.6 Å². The van der Waals surface area contributed by atoms with Crippen molar-refractivity contribution in [2.24, 2.45) is 0 Å². The van der Waals surface area contributed by atoms with E-state index in [0.29, 0.717) is 22.7 Å². The molecule has 0 heterocycles. The number of nitrogens with zero attached hydrogens (tertiary/aromatic N) is 1. The zero-order valence-electron chi connectivity index (χ0n) is 17.0. The van der Waals surface area contributed by atoms with Crippen LogP contribution in [0.2, 0.25) is 0 Å². The van der Waals surface area contributed by atoms with Crippen LogP contribution >= 0.6 is 0 Å². The zero-order valence-corrected chi connectivity index (χ0v) is 17.8. The maximum Gasteiger partial charge on any atom is 0.251 e. The molecule has 29 heavy (non-hydrogen) atoms. The zero-order chi connectivity index (χ0) is 21.6. The maximum atomic E-state index is 12.7. The van der Waals surface area contributed by atoms with Crippen molar-refractivity contribution in [3.63, 3.8) is 0 Å². The molecule has 1 N–H and O–H groups in total. The average molecular weight is 419 g/mol. The standard InChI is InChI=1S/C21H26N2O5S/c1-6-13-23(29(5,25)26)17-9-7-16(8-10-17)21(24)22-15(2)19-14-18(27-3)11-12-20(19)28-4/h6-12,14-15H,1,13H2,2-5H3,(H,22,24)/t15-/m1/s1. The number of nitrogens with one attached hydrogen (secondary N) is 1. The summed E-state index contributed by atoms with van der Waals surface area (Å²) in [5, 5.41) is 2.92. The first-order valence-corrected chi connectivity index (χ1v) is 10.8. The maximum absolute atomic E-state index is 12.7. The second kappa shape index (κ2) is 9.47. The Bertz CT molecular complexity index is 971. The smallest absolute Gasteiger partial charge is 0.251 e. The van der Waals surface area contributed by atoms with Crippen molar-refractivity contribution in [1.29, 1.82) is 0 Å². The van der Waals surface area contributed by atoms with E-state index >= 15 is 0 Å². The molecule has 0 aromatic heterocycles. The summed E-state index contributed by atoms with van der Waals surface area (Å²) in [4.78, 5) is 12.7. The van der Waals surface area contributed by atoms with Gasteiger partial charge in [0.1, 0.15) is 11.5 Å². The fraction of sp³-hybridized carbons (Fsp3) is 0.286. The first-order chi connectivity index (χ1) is 13.7. The van der Waals surface area contributed by atoms with Gasteiger partial charge in [0.15, 0.2) is 0 Å². The molecular formula is C21H26N2O5S. The van der Waals surface area contributed by atoms with Crippen molar-refractivity contribution in [3.05, 3.63) is 66.2 Å². The molecule has 2 aromatic rings. The van der Waals surface area contributed by atoms with Gasteiger partial charge in [-0.1, -0.05) is 6.08 Å². The average Bonchev–Trinajstić information content (AvgIpc) is 2.70. The number of hydrogen-bond acceptors (Lipinski definition) is 5. The molecule has 2 rings (SSSR count). The minimum Gasteiger partial charge on any atom is -0.497 e. The molecule has 0 spiro atoms. The fourth-order valence-electron chi connectivity index (χ4n) is 2.86. The van der Waals surface area contributed by atoms with Crippen molar-refractivity contribution in [1.82, 2.24) is 5.32 Å². The first-order valence-electron chi connectivity index (χ1n) is 8.92. The Morgan fingerprint density at radius 3 is 2.34 bits per heavy atom. The summed E-state index contributed by atoms with van der Waals surface area (Å²) >= 11 is 0. The van der Waals surface area contributed by atoms with Crippen molar-refractivity contribution < 1.29 is 22.7 Å². The number of methoxy groups -OCH3 is 2. The molecule has 0 unspecified atom stereocenters. The Hall–Kier alpha value is -3.00. The molecule has 0 aliphatic rings. The number of anilines is 1. The predicted molar refractivity (Wildman–Crippen MR) is 114 cm³/mol. The van der Waals surface area contributed by atoms with Crippen LogP contribution in [0, 0.1) is 0 Å². The largest absolute Gasteiger partial charge is 0.497 e. The van der Waals surface area contributed by atoms with Crippen LogP contribution in [-0.2, 0) is 10.0 Å². The second-order valence-electron chi connectivity index (χ2n) is 6.43. The van der Waals surface area contributed by atoms with Gasteiger partial charge in [0.25, 0.3) is 5.91 Å². The van der Waals surface area contributed by atoms with Gasteiger partial charge in [-0.2, -0.15) is 0 Å². The number of sulfonamides is 1. The molecule has 156 valence electrons. The van der Waals surface area contributed by atoms with Crippen molar-refractivity contribution in [2.45, 2.75) is 13.0 Å². The van der Waals surface area contributed by atoms with Crippen LogP contribution in [0.4, 0.5) is 5.69 Å². The van der Waals surface area contributed by atoms with E-state index in [0.717, 1.165) is 11.8 Å². The van der Waals surface area contributed by atoms with Gasteiger partial charge in [0, 0.05) is 11.1 Å². The Morgan fingerprint density at radius 2 is 1.83 bits per heavy atom. The lowest BCUT2D eigenvalue weighted by molar-refractivity contribution is 0.0939. The summed E-state index contributed by atoms with van der Waals surface area (Å²) in [7, 11) is -0.310. The quantitative estimate of drug-likeness (QED) is 0.633. The summed E-state index contributed by atoms with van der Waals surface area (Å²) in [6.45, 7) is 5.58. The Kier molecular flexibility index (Phi) is 7.28. The minimum absolute atomic E-state index is 0.150. The van der Waals surface area contributed by atoms with Gasteiger partial charge in [-0.3, -0.25) is 9.10 Å². The number of hydrogen-bond donors (Lipinski definition) is 1. The number of carbonyl (C=O) groups excluding carboxylic acids is 1. The second-order valence-corrected chi connectivity index (χ2v) is 8.34. The normalized spacial score (nSPS) is 12.0. The Labute approximate surface area is 172 Å². The molecule has 0 saturated heterocycles. The topological polar surface area (TPSA) is 84.9 Å². The van der Waals surface area contributed by atoms with Gasteiger partial charge in [-0.15, -0.1) is 6.58 Å². The highest BCUT2D eigenvalue weighted by Gasteiger charge is 2.18. The van der Waals surface area contributed by atoms with Crippen LogP contribution in [0.1, 0.15) is 28.9 Å². The van der Waals surface area contributed by atoms with Crippen LogP contribution in [0.25, 0.3) is 0 Å². The highest BCUT2D eigenvalue weighted by atomic mass is 32.2. The predicted octanol–water partition coefficient (Wildman–Crippen LogP) is 3.15. The van der Waals surface area contributed by atoms with Gasteiger partial charge in [-0.25, -0.2) is 8.42 Å². The Balaban J connectivity index is 2.20. The third-order valence-corrected chi connectivity index (χ3v) is 5.52. The van der Waals surface area contributed by atoms with Crippen LogP contribution in [0.5, 0.6) is 11.5 Å². The molecule has 0 saturated carbocycles. The van der Waals surface area contributed by atoms with E-state index in [1.165, 1.54) is 10.4 Å². The van der Waals surface area contributed by atoms with Crippen molar-refractivity contribution in [2.75, 3.05) is 31.3 Å². The van der Waals surface area contributed by atoms with Gasteiger partial charge < -0.3 is 14.8 Å². The van der Waals surface area contributed by atoms with Crippen LogP contribution in [0.3, 0.4) is 0 Å². The highest BCUT2D eigenvalue weighted by Crippen LogP contribution is 2.29. The number of carbonyl (C=O) groups is 1. The molecule has 0 bridgehead atoms. The van der Waals surface area contributed by atoms with Crippen LogP contribution < -0.4 is 19.1 Å². The van der Waals surface area contributed by atoms with E-state index in [1.807, 2.05) is 13.0 Å². The molecule has 0 radical (unpaired) electrons. The van der Waals surface area contributed by atoms with E-state index in [-0.39, 0.29) is 18.5 Å². The van der Waals surface area contributed by atoms with Crippen molar-refractivity contribution >= 4 is 21.6 Å². The van der Waals surface area contributed by atoms with Gasteiger partial charge in [0.2, 0.25) is 10.0 Å². The summed E-state index contributed by atoms with van der Waals surface area (Å²) in [5.74, 6) is 1.01. The Morgan fingerprint density at radius 1 is 1.17 bits per heavy atom. The van der Waals surface area contributed by atoms with E-state index in [9.17, 15) is 13.2 Å². The molecule has 0 fully saturated rings. The van der Waals surface area contributed by atoms with Gasteiger partial charge in [-0.05, 0) is 49.4 Å². The lowest BCUT2D eigenvalue weighted by atomic mass is 10.1. The monoisotopic (exact) mass is 418 g/mol. The minimum atomic E-state index is -3.45. The van der Waals surface area contributed by atoms with Gasteiger partial charge in [0.05, 0.1) is 38.7 Å². The molecule has 7 nitrogen and oxygen atoms in total. The lowest BCUT2D eigenvalue weighted by Gasteiger charge is -2.21. The summed E-state index contributed by atoms with van der Waals surface area (Å²) in [6.07, 6.45) is 2.63. The van der Waals surface area contributed by atoms with Crippen LogP contribution in [0.15, 0.2) is 55.1 Å². The van der Waals surface area contributed by atoms with Crippen LogP contribution in [-0.4, -0.2) is 41.3 Å². The summed E-state index contributed by atoms with van der Waals surface area (Å²) in [5.41, 5.74) is 1.66. The lowest BCUT2D eigenvalue weighted by Crippen LogP contribution is -2.30. The molecule has 1 amide bonds. The number of ether oxygens (including phenoxy) is 2. The molecule has 2 aromatic carbocycles. The van der Waals surface area contributed by atoms with E-state index in [4.69, 9.17) is 9.47 Å². The molecule has 8 heteroatoms. The number of benzene rings is 2. The van der Waals surface area contributed by atoms with Crippen molar-refractivity contribution in [3.8, 4) is 11.5 Å². The SMILES string of the molecule is C=CCN(c1ccc(C(=O)N[C@H](C)c2cc(OC)ccc2OC)cc1)S(C)(=O)=O. The molecule has 1 atom stereocenters. The fourth-order valence-corrected chi connectivity index (χ4v) is 3.74. The summed E-state index contributed by atoms with van der Waals surface area (Å²) < 4.78 is 35.7. The third kappa shape index (κ3) is 5.51. The summed E-state index contributed by atoms with van der Waals surface area (Å²) in [6, 6.07) is 11.4. The molecule has 0 aliphatic heterocycles. The third-order valence-electron chi connectivity index (χ3n) is 4.36. The first kappa shape index (κ1) is 22.3. The number of rotatable bonds is 9. The van der Waals surface area contributed by atoms with E-state index < -0.39 is 10.0 Å². The molecular weight excluding hydrogens is 392 g/mol. The van der Waals surface area contributed by atoms with Gasteiger partial charge >= 0.3 is 0 Å². The molecule has 0 aliphatic carbocycles. The van der Waals surface area contributed by atoms with E-state index in [2.05, 4.69) is 11.9 Å². The highest BCUT2D eigenvalue weighted by molar-refractivity contribution is 7.92.